The van der Waals surface area contributed by atoms with Gasteiger partial charge in [-0.05, 0) is 56.5 Å². The Morgan fingerprint density at radius 2 is 1.80 bits per heavy atom. The third-order valence-electron chi connectivity index (χ3n) is 3.29. The molecule has 0 aliphatic carbocycles. The predicted octanol–water partition coefficient (Wildman–Crippen LogP) is 4.19. The zero-order valence-corrected chi connectivity index (χ0v) is 13.4. The second-order valence-corrected chi connectivity index (χ2v) is 6.54. The minimum absolute atomic E-state index is 0.0729. The van der Waals surface area contributed by atoms with Gasteiger partial charge in [-0.3, -0.25) is 0 Å². The lowest BCUT2D eigenvalue weighted by molar-refractivity contribution is 0.716. The maximum Gasteiger partial charge on any atom is 0.0972 e. The van der Waals surface area contributed by atoms with Crippen molar-refractivity contribution in [1.82, 2.24) is 4.98 Å². The normalized spacial score (nSPS) is 14.1. The zero-order valence-electron chi connectivity index (χ0n) is 12.6. The number of benzene rings is 1. The van der Waals surface area contributed by atoms with Crippen LogP contribution in [-0.2, 0) is 0 Å². The van der Waals surface area contributed by atoms with Crippen LogP contribution >= 0.6 is 11.8 Å². The summed E-state index contributed by atoms with van der Waals surface area (Å²) in [6.45, 7) is 8.34. The van der Waals surface area contributed by atoms with Gasteiger partial charge < -0.3 is 5.73 Å². The molecule has 2 nitrogen and oxygen atoms in total. The Kier molecular flexibility index (Phi) is 4.84. The molecule has 2 N–H and O–H groups in total. The topological polar surface area (TPSA) is 38.9 Å². The number of pyridine rings is 1. The molecule has 0 aliphatic heterocycles. The van der Waals surface area contributed by atoms with Crippen molar-refractivity contribution in [1.29, 1.82) is 0 Å². The molecule has 2 rings (SSSR count). The van der Waals surface area contributed by atoms with Crippen LogP contribution in [0, 0.1) is 20.8 Å². The fourth-order valence-electron chi connectivity index (χ4n) is 2.35. The molecule has 1 heterocycles. The third-order valence-corrected chi connectivity index (χ3v) is 4.68. The van der Waals surface area contributed by atoms with Crippen LogP contribution in [0.25, 0.3) is 0 Å². The highest BCUT2D eigenvalue weighted by molar-refractivity contribution is 7.99. The van der Waals surface area contributed by atoms with Crippen molar-refractivity contribution in [2.45, 2.75) is 44.0 Å². The van der Waals surface area contributed by atoms with Crippen molar-refractivity contribution >= 4 is 11.8 Å². The molecule has 0 bridgehead atoms. The minimum Gasteiger partial charge on any atom is -0.327 e. The van der Waals surface area contributed by atoms with Gasteiger partial charge in [0.2, 0.25) is 0 Å². The van der Waals surface area contributed by atoms with Crippen LogP contribution in [0.1, 0.15) is 34.6 Å². The molecule has 1 aromatic carbocycles. The molecular formula is C17H22N2S. The number of nitrogens with zero attached hydrogens (tertiary/aromatic N) is 1. The maximum atomic E-state index is 6.21. The Bertz CT molecular complexity index is 573. The fraction of sp³-hybridized carbons (Fsp3) is 0.353. The summed E-state index contributed by atoms with van der Waals surface area (Å²) in [5, 5.41) is 1.28. The molecule has 1 aromatic heterocycles. The lowest BCUT2D eigenvalue weighted by atomic mass is 10.0. The average molecular weight is 286 g/mol. The fourth-order valence-corrected chi connectivity index (χ4v) is 3.67. The monoisotopic (exact) mass is 286 g/mol. The Morgan fingerprint density at radius 1 is 1.10 bits per heavy atom. The van der Waals surface area contributed by atoms with Crippen molar-refractivity contribution in [3.8, 4) is 0 Å². The number of nitrogens with two attached hydrogens (primary N) is 1. The Hall–Kier alpha value is -1.32. The van der Waals surface area contributed by atoms with Crippen LogP contribution in [0.15, 0.2) is 41.4 Å². The summed E-state index contributed by atoms with van der Waals surface area (Å²) in [5.41, 5.74) is 11.1. The number of hydrogen-bond donors (Lipinski definition) is 1. The van der Waals surface area contributed by atoms with Crippen LogP contribution in [-0.4, -0.2) is 11.0 Å². The Labute approximate surface area is 125 Å². The summed E-state index contributed by atoms with van der Waals surface area (Å²) in [6, 6.07) is 12.7. The molecule has 0 saturated heterocycles. The Balaban J connectivity index is 2.33. The van der Waals surface area contributed by atoms with Gasteiger partial charge in [0.1, 0.15) is 0 Å². The van der Waals surface area contributed by atoms with Crippen molar-refractivity contribution < 1.29 is 0 Å². The summed E-state index contributed by atoms with van der Waals surface area (Å²) < 4.78 is 0. The second-order valence-electron chi connectivity index (χ2n) is 5.38. The summed E-state index contributed by atoms with van der Waals surface area (Å²) >= 11 is 1.76. The van der Waals surface area contributed by atoms with Gasteiger partial charge in [0.15, 0.2) is 0 Å². The first-order valence-corrected chi connectivity index (χ1v) is 7.78. The first-order valence-electron chi connectivity index (χ1n) is 6.90. The number of thioether (sulfide) groups is 1. The van der Waals surface area contributed by atoms with Crippen molar-refractivity contribution in [2.75, 3.05) is 0 Å². The van der Waals surface area contributed by atoms with E-state index in [1.54, 1.807) is 11.8 Å². The molecule has 0 fully saturated rings. The molecule has 20 heavy (non-hydrogen) atoms. The lowest BCUT2D eigenvalue weighted by Crippen LogP contribution is -2.23. The van der Waals surface area contributed by atoms with E-state index in [0.717, 1.165) is 10.7 Å². The van der Waals surface area contributed by atoms with E-state index in [9.17, 15) is 0 Å². The van der Waals surface area contributed by atoms with Gasteiger partial charge in [-0.15, -0.1) is 0 Å². The second kappa shape index (κ2) is 6.42. The van der Waals surface area contributed by atoms with E-state index < -0.39 is 0 Å². The maximum absolute atomic E-state index is 6.21. The minimum atomic E-state index is 0.0729. The van der Waals surface area contributed by atoms with Gasteiger partial charge in [0.25, 0.3) is 0 Å². The van der Waals surface area contributed by atoms with E-state index in [4.69, 9.17) is 5.73 Å². The van der Waals surface area contributed by atoms with Crippen LogP contribution < -0.4 is 5.73 Å². The van der Waals surface area contributed by atoms with E-state index >= 15 is 0 Å². The highest BCUT2D eigenvalue weighted by atomic mass is 32.2. The molecule has 2 atom stereocenters. The molecule has 0 aliphatic rings. The first-order chi connectivity index (χ1) is 9.47. The predicted molar refractivity (Wildman–Crippen MR) is 87.1 cm³/mol. The summed E-state index contributed by atoms with van der Waals surface area (Å²) in [4.78, 5) is 4.62. The smallest absolute Gasteiger partial charge is 0.0972 e. The van der Waals surface area contributed by atoms with Crippen LogP contribution in [0.3, 0.4) is 0 Å². The number of rotatable bonds is 4. The third kappa shape index (κ3) is 3.62. The molecular weight excluding hydrogens is 264 g/mol. The SMILES string of the molecule is Cc1cc(C)nc(SC(c2ccccc2C)C(C)N)c1. The molecule has 2 unspecified atom stereocenters. The van der Waals surface area contributed by atoms with Gasteiger partial charge in [0.05, 0.1) is 10.3 Å². The van der Waals surface area contributed by atoms with Crippen LogP contribution in [0.5, 0.6) is 0 Å². The van der Waals surface area contributed by atoms with E-state index in [-0.39, 0.29) is 11.3 Å². The van der Waals surface area contributed by atoms with Crippen LogP contribution in [0.2, 0.25) is 0 Å². The van der Waals surface area contributed by atoms with E-state index in [0.29, 0.717) is 0 Å². The molecule has 0 saturated carbocycles. The molecule has 3 heteroatoms. The van der Waals surface area contributed by atoms with Gasteiger partial charge in [-0.1, -0.05) is 36.0 Å². The highest BCUT2D eigenvalue weighted by Crippen LogP contribution is 2.37. The lowest BCUT2D eigenvalue weighted by Gasteiger charge is -2.22. The summed E-state index contributed by atoms with van der Waals surface area (Å²) in [6.07, 6.45) is 0. The number of aryl methyl sites for hydroxylation is 3. The molecule has 2 aromatic rings. The largest absolute Gasteiger partial charge is 0.327 e. The number of hydrogen-bond acceptors (Lipinski definition) is 3. The Morgan fingerprint density at radius 3 is 2.40 bits per heavy atom. The highest BCUT2D eigenvalue weighted by Gasteiger charge is 2.20. The molecule has 0 amide bonds. The summed E-state index contributed by atoms with van der Waals surface area (Å²) in [7, 11) is 0. The number of aromatic nitrogens is 1. The standard InChI is InChI=1S/C17H22N2S/c1-11-9-13(3)19-16(10-11)20-17(14(4)18)15-8-6-5-7-12(15)2/h5-10,14,17H,18H2,1-4H3. The van der Waals surface area contributed by atoms with E-state index in [1.165, 1.54) is 16.7 Å². The van der Waals surface area contributed by atoms with Crippen LogP contribution in [0.4, 0.5) is 0 Å². The van der Waals surface area contributed by atoms with Gasteiger partial charge in [-0.25, -0.2) is 4.98 Å². The quantitative estimate of drug-likeness (QED) is 0.857. The van der Waals surface area contributed by atoms with Crippen molar-refractivity contribution in [3.63, 3.8) is 0 Å². The summed E-state index contributed by atoms with van der Waals surface area (Å²) in [5.74, 6) is 0. The zero-order chi connectivity index (χ0) is 14.7. The van der Waals surface area contributed by atoms with Gasteiger partial charge in [0, 0.05) is 11.7 Å². The average Bonchev–Trinajstić information content (AvgIpc) is 2.35. The van der Waals surface area contributed by atoms with Crippen molar-refractivity contribution in [2.24, 2.45) is 5.73 Å². The molecule has 0 spiro atoms. The molecule has 0 radical (unpaired) electrons. The molecule has 106 valence electrons. The first kappa shape index (κ1) is 15.1. The van der Waals surface area contributed by atoms with E-state index in [2.05, 4.69) is 62.2 Å². The van der Waals surface area contributed by atoms with Gasteiger partial charge >= 0.3 is 0 Å². The van der Waals surface area contributed by atoms with E-state index in [1.807, 2.05) is 6.92 Å². The van der Waals surface area contributed by atoms with Gasteiger partial charge in [-0.2, -0.15) is 0 Å². The van der Waals surface area contributed by atoms with Crippen molar-refractivity contribution in [3.05, 3.63) is 58.8 Å².